The van der Waals surface area contributed by atoms with E-state index in [9.17, 15) is 19.2 Å². The molecule has 5 rings (SSSR count). The van der Waals surface area contributed by atoms with Crippen molar-refractivity contribution < 1.29 is 71.3 Å². The van der Waals surface area contributed by atoms with Gasteiger partial charge in [0.2, 0.25) is 0 Å². The topological polar surface area (TPSA) is 170 Å². The van der Waals surface area contributed by atoms with Gasteiger partial charge in [-0.25, -0.2) is 0 Å². The lowest BCUT2D eigenvalue weighted by Gasteiger charge is -2.49. The van der Waals surface area contributed by atoms with Crippen LogP contribution in [0.4, 0.5) is 0 Å². The van der Waals surface area contributed by atoms with Gasteiger partial charge in [0.05, 0.1) is 19.8 Å². The predicted molar refractivity (Wildman–Crippen MR) is 168 cm³/mol. The monoisotopic (exact) mass is 702 g/mol. The molecule has 0 radical (unpaired) electrons. The van der Waals surface area contributed by atoms with Crippen LogP contribution in [0, 0.1) is 0 Å². The van der Waals surface area contributed by atoms with E-state index in [2.05, 4.69) is 0 Å². The van der Waals surface area contributed by atoms with Crippen LogP contribution >= 0.6 is 0 Å². The van der Waals surface area contributed by atoms with Crippen molar-refractivity contribution in [3.8, 4) is 0 Å². The zero-order chi connectivity index (χ0) is 35.8. The van der Waals surface area contributed by atoms with Gasteiger partial charge in [-0.1, -0.05) is 60.7 Å². The average molecular weight is 703 g/mol. The van der Waals surface area contributed by atoms with Crippen molar-refractivity contribution in [2.24, 2.45) is 0 Å². The summed E-state index contributed by atoms with van der Waals surface area (Å²) >= 11 is 0. The van der Waals surface area contributed by atoms with Crippen molar-refractivity contribution in [3.63, 3.8) is 0 Å². The van der Waals surface area contributed by atoms with Gasteiger partial charge in [-0.3, -0.25) is 19.2 Å². The third kappa shape index (κ3) is 9.42. The molecule has 0 spiro atoms. The summed E-state index contributed by atoms with van der Waals surface area (Å²) in [6.07, 6.45) is -12.7. The summed E-state index contributed by atoms with van der Waals surface area (Å²) in [4.78, 5) is 49.4. The highest BCUT2D eigenvalue weighted by molar-refractivity contribution is 5.69. The summed E-state index contributed by atoms with van der Waals surface area (Å²) in [5.74, 6) is -3.11. The Labute approximate surface area is 289 Å². The Kier molecular flexibility index (Phi) is 12.9. The van der Waals surface area contributed by atoms with E-state index >= 15 is 0 Å². The van der Waals surface area contributed by atoms with Crippen molar-refractivity contribution in [3.05, 3.63) is 71.8 Å². The SMILES string of the molecule is CO[C@H]1O[C@@H]2CO[C@@H](c3ccccc3)O[C@H]2[C@H](O[C@H]2OC[C@@H](OC(C)=O)[C@@H](OC(C)=O)[C@H](OC(C)=O)[C@@H]2OC(C)=O)[C@@H]1OCc1ccccc1. The minimum absolute atomic E-state index is 0.0906. The van der Waals surface area contributed by atoms with Gasteiger partial charge in [-0.2, -0.15) is 0 Å². The number of hydrogen-bond donors (Lipinski definition) is 0. The van der Waals surface area contributed by atoms with Crippen molar-refractivity contribution in [2.45, 2.75) is 102 Å². The van der Waals surface area contributed by atoms with Gasteiger partial charge in [-0.05, 0) is 5.56 Å². The Hall–Kier alpha value is -3.96. The van der Waals surface area contributed by atoms with Gasteiger partial charge in [0.25, 0.3) is 0 Å². The summed E-state index contributed by atoms with van der Waals surface area (Å²) in [6, 6.07) is 18.7. The van der Waals surface area contributed by atoms with Gasteiger partial charge in [0.1, 0.15) is 24.4 Å². The highest BCUT2D eigenvalue weighted by Gasteiger charge is 2.56. The molecule has 50 heavy (non-hydrogen) atoms. The maximum Gasteiger partial charge on any atom is 0.303 e. The molecule has 0 N–H and O–H groups in total. The number of benzene rings is 2. The number of methoxy groups -OCH3 is 1. The van der Waals surface area contributed by atoms with Crippen molar-refractivity contribution >= 4 is 23.9 Å². The van der Waals surface area contributed by atoms with Crippen LogP contribution < -0.4 is 0 Å². The fraction of sp³-hybridized carbons (Fsp3) is 0.543. The molecule has 0 unspecified atom stereocenters. The molecule has 0 aromatic heterocycles. The smallest absolute Gasteiger partial charge is 0.303 e. The Morgan fingerprint density at radius 2 is 1.24 bits per heavy atom. The summed E-state index contributed by atoms with van der Waals surface area (Å²) in [6.45, 7) is 4.35. The van der Waals surface area contributed by atoms with Gasteiger partial charge >= 0.3 is 23.9 Å². The molecule has 3 aliphatic rings. The van der Waals surface area contributed by atoms with Gasteiger partial charge in [0, 0.05) is 40.4 Å². The molecule has 3 heterocycles. The van der Waals surface area contributed by atoms with Crippen LogP contribution in [0.2, 0.25) is 0 Å². The lowest BCUT2D eigenvalue weighted by atomic mass is 9.96. The molecule has 2 aromatic carbocycles. The van der Waals surface area contributed by atoms with Crippen LogP contribution in [-0.2, 0) is 77.9 Å². The second-order valence-corrected chi connectivity index (χ2v) is 11.9. The van der Waals surface area contributed by atoms with Crippen LogP contribution in [-0.4, -0.2) is 106 Å². The van der Waals surface area contributed by atoms with Crippen LogP contribution in [0.15, 0.2) is 60.7 Å². The first-order chi connectivity index (χ1) is 24.0. The third-order valence-electron chi connectivity index (χ3n) is 8.09. The van der Waals surface area contributed by atoms with Crippen LogP contribution in [0.1, 0.15) is 45.1 Å². The number of fused-ring (bicyclic) bond motifs is 1. The molecule has 3 fully saturated rings. The molecule has 0 aliphatic carbocycles. The number of carbonyl (C=O) groups excluding carboxylic acids is 4. The highest BCUT2D eigenvalue weighted by atomic mass is 16.8. The van der Waals surface area contributed by atoms with Crippen molar-refractivity contribution in [2.75, 3.05) is 20.3 Å². The molecule has 0 amide bonds. The number of carbonyl (C=O) groups is 4. The molecule has 0 bridgehead atoms. The van der Waals surface area contributed by atoms with E-state index in [1.807, 2.05) is 60.7 Å². The quantitative estimate of drug-likeness (QED) is 0.247. The third-order valence-corrected chi connectivity index (χ3v) is 8.09. The molecule has 3 saturated heterocycles. The van der Waals surface area contributed by atoms with Crippen molar-refractivity contribution in [1.29, 1.82) is 0 Å². The average Bonchev–Trinajstić information content (AvgIpc) is 3.20. The van der Waals surface area contributed by atoms with E-state index in [0.717, 1.165) is 38.8 Å². The van der Waals surface area contributed by atoms with Crippen LogP contribution in [0.3, 0.4) is 0 Å². The largest absolute Gasteiger partial charge is 0.456 e. The van der Waals surface area contributed by atoms with Gasteiger partial charge in [-0.15, -0.1) is 0 Å². The van der Waals surface area contributed by atoms with Gasteiger partial charge < -0.3 is 52.1 Å². The van der Waals surface area contributed by atoms with E-state index in [1.54, 1.807) is 0 Å². The molecule has 11 atom stereocenters. The summed E-state index contributed by atoms with van der Waals surface area (Å²) < 4.78 is 66.0. The highest BCUT2D eigenvalue weighted by Crippen LogP contribution is 2.39. The first kappa shape index (κ1) is 37.3. The Morgan fingerprint density at radius 1 is 0.640 bits per heavy atom. The molecule has 15 heteroatoms. The predicted octanol–water partition coefficient (Wildman–Crippen LogP) is 2.53. The number of hydrogen-bond acceptors (Lipinski definition) is 15. The molecule has 0 saturated carbocycles. The molecule has 3 aliphatic heterocycles. The Morgan fingerprint density at radius 3 is 1.86 bits per heavy atom. The molecule has 2 aromatic rings. The number of ether oxygens (including phenoxy) is 11. The minimum atomic E-state index is -1.54. The standard InChI is InChI=1S/C35H42O15/c1-19(36)44-25-17-43-35(32(47-22(4)39)30(46-21(3)38)27(25)45-20(2)37)50-29-28-26(18-42-33(49-28)24-14-10-7-11-15-24)48-34(40-5)31(29)41-16-23-12-8-6-9-13-23/h6-15,25-35H,16-18H2,1-5H3/t25-,26-,27-,28-,29+,30+,31+,32+,33-,34+,35-/m1/s1. The fourth-order valence-corrected chi connectivity index (χ4v) is 6.11. The Bertz CT molecular complexity index is 1430. The first-order valence-electron chi connectivity index (χ1n) is 16.2. The molecule has 15 nitrogen and oxygen atoms in total. The lowest BCUT2D eigenvalue weighted by molar-refractivity contribution is -0.384. The second-order valence-electron chi connectivity index (χ2n) is 11.9. The lowest BCUT2D eigenvalue weighted by Crippen LogP contribution is -2.65. The molecular weight excluding hydrogens is 660 g/mol. The van der Waals surface area contributed by atoms with Crippen molar-refractivity contribution in [1.82, 2.24) is 0 Å². The normalized spacial score (nSPS) is 32.5. The fourth-order valence-electron chi connectivity index (χ4n) is 6.11. The Balaban J connectivity index is 1.55. The van der Waals surface area contributed by atoms with E-state index in [1.165, 1.54) is 7.11 Å². The van der Waals surface area contributed by atoms with E-state index in [4.69, 9.17) is 52.1 Å². The molecule has 272 valence electrons. The van der Waals surface area contributed by atoms with Crippen LogP contribution in [0.5, 0.6) is 0 Å². The zero-order valence-corrected chi connectivity index (χ0v) is 28.4. The maximum absolute atomic E-state index is 12.6. The molecular formula is C35H42O15. The number of esters is 4. The summed E-state index contributed by atoms with van der Waals surface area (Å²) in [5.41, 5.74) is 1.59. The second kappa shape index (κ2) is 17.3. The summed E-state index contributed by atoms with van der Waals surface area (Å²) in [5, 5.41) is 0. The van der Waals surface area contributed by atoms with Crippen LogP contribution in [0.25, 0.3) is 0 Å². The number of rotatable bonds is 11. The summed E-state index contributed by atoms with van der Waals surface area (Å²) in [7, 11) is 1.45. The first-order valence-corrected chi connectivity index (χ1v) is 16.2. The zero-order valence-electron chi connectivity index (χ0n) is 28.4. The van der Waals surface area contributed by atoms with Gasteiger partial charge in [0.15, 0.2) is 43.3 Å². The maximum atomic E-state index is 12.6. The minimum Gasteiger partial charge on any atom is -0.456 e. The van der Waals surface area contributed by atoms with E-state index in [-0.39, 0.29) is 13.2 Å². The van der Waals surface area contributed by atoms with E-state index < -0.39 is 98.2 Å². The van der Waals surface area contributed by atoms with E-state index in [0.29, 0.717) is 0 Å².